The fourth-order valence-electron chi connectivity index (χ4n) is 4.72. The van der Waals surface area contributed by atoms with Crippen molar-refractivity contribution in [2.75, 3.05) is 51.3 Å². The molecule has 0 radical (unpaired) electrons. The molecule has 0 aliphatic carbocycles. The number of sulfonamides is 1. The summed E-state index contributed by atoms with van der Waals surface area (Å²) in [6.45, 7) is 7.24. The van der Waals surface area contributed by atoms with Gasteiger partial charge in [-0.2, -0.15) is 4.31 Å². The molecule has 0 N–H and O–H groups in total. The third kappa shape index (κ3) is 5.01. The number of amides is 1. The van der Waals surface area contributed by atoms with Crippen molar-refractivity contribution in [1.29, 1.82) is 0 Å². The van der Waals surface area contributed by atoms with Gasteiger partial charge < -0.3 is 14.5 Å². The largest absolute Gasteiger partial charge is 0.497 e. The average Bonchev–Trinajstić information content (AvgIpc) is 2.85. The van der Waals surface area contributed by atoms with E-state index >= 15 is 0 Å². The molecular weight excluding hydrogens is 438 g/mol. The number of anilines is 1. The average molecular weight is 472 g/mol. The molecule has 0 bridgehead atoms. The van der Waals surface area contributed by atoms with E-state index < -0.39 is 10.0 Å². The number of ether oxygens (including phenoxy) is 1. The molecule has 4 rings (SSSR count). The van der Waals surface area contributed by atoms with Crippen LogP contribution in [0, 0.1) is 19.8 Å². The summed E-state index contributed by atoms with van der Waals surface area (Å²) in [6, 6.07) is 13.5. The molecule has 8 heteroatoms. The smallest absolute Gasteiger partial charge is 0.243 e. The first-order valence-electron chi connectivity index (χ1n) is 11.5. The summed E-state index contributed by atoms with van der Waals surface area (Å²) in [4.78, 5) is 17.8. The van der Waals surface area contributed by atoms with Crippen molar-refractivity contribution in [3.8, 4) is 5.75 Å². The lowest BCUT2D eigenvalue weighted by molar-refractivity contribution is -0.137. The van der Waals surface area contributed by atoms with Gasteiger partial charge in [-0.25, -0.2) is 8.42 Å². The highest BCUT2D eigenvalue weighted by atomic mass is 32.2. The third-order valence-corrected chi connectivity index (χ3v) is 8.73. The van der Waals surface area contributed by atoms with Crippen molar-refractivity contribution >= 4 is 21.6 Å². The molecule has 0 aromatic heterocycles. The van der Waals surface area contributed by atoms with E-state index in [-0.39, 0.29) is 18.4 Å². The van der Waals surface area contributed by atoms with Gasteiger partial charge in [0.05, 0.1) is 17.9 Å². The fourth-order valence-corrected chi connectivity index (χ4v) is 6.56. The number of aryl methyl sites for hydroxylation is 2. The van der Waals surface area contributed by atoms with Gasteiger partial charge in [0.1, 0.15) is 5.75 Å². The minimum absolute atomic E-state index is 0.0743. The van der Waals surface area contributed by atoms with Crippen molar-refractivity contribution in [3.05, 3.63) is 53.6 Å². The van der Waals surface area contributed by atoms with E-state index in [0.29, 0.717) is 31.0 Å². The molecule has 2 aromatic rings. The van der Waals surface area contributed by atoms with Crippen LogP contribution in [0.15, 0.2) is 47.4 Å². The van der Waals surface area contributed by atoms with E-state index in [9.17, 15) is 13.2 Å². The molecule has 2 heterocycles. The van der Waals surface area contributed by atoms with Crippen LogP contribution in [0.1, 0.15) is 24.0 Å². The Bertz CT molecular complexity index is 1090. The van der Waals surface area contributed by atoms with Crippen LogP contribution >= 0.6 is 0 Å². The van der Waals surface area contributed by atoms with E-state index in [2.05, 4.69) is 4.90 Å². The number of hydrogen-bond acceptors (Lipinski definition) is 5. The summed E-state index contributed by atoms with van der Waals surface area (Å²) >= 11 is 0. The van der Waals surface area contributed by atoms with Crippen molar-refractivity contribution in [2.24, 2.45) is 5.92 Å². The minimum atomic E-state index is -3.62. The maximum atomic E-state index is 13.3. The van der Waals surface area contributed by atoms with Gasteiger partial charge in [-0.15, -0.1) is 0 Å². The molecule has 2 fully saturated rings. The van der Waals surface area contributed by atoms with Crippen LogP contribution in [0.4, 0.5) is 5.69 Å². The standard InChI is InChI=1S/C25H33N3O4S/c1-19-6-7-20(2)24(17-19)33(30,31)28-12-4-5-21(18-28)25(29)27-15-13-26(14-16-27)22-8-10-23(32-3)11-9-22/h6-11,17,21H,4-5,12-16,18H2,1-3H3. The molecule has 2 saturated heterocycles. The van der Waals surface area contributed by atoms with Crippen LogP contribution in [0.2, 0.25) is 0 Å². The number of methoxy groups -OCH3 is 1. The zero-order valence-corrected chi connectivity index (χ0v) is 20.5. The Labute approximate surface area is 197 Å². The molecule has 0 saturated carbocycles. The lowest BCUT2D eigenvalue weighted by atomic mass is 9.97. The second-order valence-corrected chi connectivity index (χ2v) is 10.9. The number of benzene rings is 2. The number of piperazine rings is 1. The van der Waals surface area contributed by atoms with Gasteiger partial charge in [0, 0.05) is 45.0 Å². The molecule has 1 unspecified atom stereocenters. The van der Waals surface area contributed by atoms with E-state index in [1.54, 1.807) is 13.2 Å². The highest BCUT2D eigenvalue weighted by Gasteiger charge is 2.36. The van der Waals surface area contributed by atoms with Crippen LogP contribution in [0.3, 0.4) is 0 Å². The summed E-state index contributed by atoms with van der Waals surface area (Å²) in [7, 11) is -1.97. The number of nitrogens with zero attached hydrogens (tertiary/aromatic N) is 3. The Morgan fingerprint density at radius 3 is 2.33 bits per heavy atom. The topological polar surface area (TPSA) is 70.2 Å². The summed E-state index contributed by atoms with van der Waals surface area (Å²) in [6.07, 6.45) is 1.43. The molecule has 33 heavy (non-hydrogen) atoms. The molecule has 2 aliphatic rings. The minimum Gasteiger partial charge on any atom is -0.497 e. The van der Waals surface area contributed by atoms with Crippen molar-refractivity contribution in [3.63, 3.8) is 0 Å². The van der Waals surface area contributed by atoms with Gasteiger partial charge in [0.2, 0.25) is 15.9 Å². The molecule has 2 aliphatic heterocycles. The lowest BCUT2D eigenvalue weighted by Crippen LogP contribution is -2.53. The molecular formula is C25H33N3O4S. The quantitative estimate of drug-likeness (QED) is 0.670. The number of carbonyl (C=O) groups excluding carboxylic acids is 1. The van der Waals surface area contributed by atoms with E-state index in [1.807, 2.05) is 55.1 Å². The van der Waals surface area contributed by atoms with E-state index in [4.69, 9.17) is 4.74 Å². The molecule has 2 aromatic carbocycles. The van der Waals surface area contributed by atoms with Gasteiger partial charge >= 0.3 is 0 Å². The Morgan fingerprint density at radius 1 is 0.970 bits per heavy atom. The van der Waals surface area contributed by atoms with Crippen molar-refractivity contribution < 1.29 is 17.9 Å². The lowest BCUT2D eigenvalue weighted by Gasteiger charge is -2.39. The SMILES string of the molecule is COc1ccc(N2CCN(C(=O)C3CCCN(S(=O)(=O)c4cc(C)ccc4C)C3)CC2)cc1. The highest BCUT2D eigenvalue weighted by Crippen LogP contribution is 2.28. The van der Waals surface area contributed by atoms with Crippen LogP contribution in [0.25, 0.3) is 0 Å². The highest BCUT2D eigenvalue weighted by molar-refractivity contribution is 7.89. The Hall–Kier alpha value is -2.58. The third-order valence-electron chi connectivity index (χ3n) is 6.72. The Balaban J connectivity index is 1.39. The molecule has 1 amide bonds. The maximum absolute atomic E-state index is 13.3. The Kier molecular flexibility index (Phi) is 6.95. The van der Waals surface area contributed by atoms with Gasteiger partial charge in [0.15, 0.2) is 0 Å². The number of hydrogen-bond donors (Lipinski definition) is 0. The first kappa shape index (κ1) is 23.6. The number of carbonyl (C=O) groups is 1. The van der Waals surface area contributed by atoms with Gasteiger partial charge in [-0.1, -0.05) is 12.1 Å². The predicted molar refractivity (Wildman–Crippen MR) is 129 cm³/mol. The second-order valence-electron chi connectivity index (χ2n) is 8.98. The maximum Gasteiger partial charge on any atom is 0.243 e. The van der Waals surface area contributed by atoms with Gasteiger partial charge in [-0.3, -0.25) is 4.79 Å². The first-order chi connectivity index (χ1) is 15.8. The van der Waals surface area contributed by atoms with Crippen LogP contribution in [0.5, 0.6) is 5.75 Å². The molecule has 178 valence electrons. The zero-order valence-electron chi connectivity index (χ0n) is 19.7. The monoisotopic (exact) mass is 471 g/mol. The number of piperidine rings is 1. The molecule has 7 nitrogen and oxygen atoms in total. The summed E-state index contributed by atoms with van der Waals surface area (Å²) < 4.78 is 33.4. The van der Waals surface area contributed by atoms with Crippen molar-refractivity contribution in [2.45, 2.75) is 31.6 Å². The number of rotatable bonds is 5. The molecule has 1 atom stereocenters. The normalized spacial score (nSPS) is 20.0. The Morgan fingerprint density at radius 2 is 1.67 bits per heavy atom. The van der Waals surface area contributed by atoms with Crippen molar-refractivity contribution in [1.82, 2.24) is 9.21 Å². The predicted octanol–water partition coefficient (Wildman–Crippen LogP) is 3.06. The molecule has 0 spiro atoms. The zero-order chi connectivity index (χ0) is 23.6. The van der Waals surface area contributed by atoms with E-state index in [0.717, 1.165) is 42.1 Å². The second kappa shape index (κ2) is 9.73. The first-order valence-corrected chi connectivity index (χ1v) is 13.0. The van der Waals surface area contributed by atoms with Crippen LogP contribution in [-0.4, -0.2) is 69.9 Å². The van der Waals surface area contributed by atoms with Gasteiger partial charge in [0.25, 0.3) is 0 Å². The van der Waals surface area contributed by atoms with E-state index in [1.165, 1.54) is 4.31 Å². The van der Waals surface area contributed by atoms with Gasteiger partial charge in [-0.05, 0) is 68.1 Å². The van der Waals surface area contributed by atoms with Crippen LogP contribution in [-0.2, 0) is 14.8 Å². The van der Waals surface area contributed by atoms with Crippen LogP contribution < -0.4 is 9.64 Å². The summed E-state index contributed by atoms with van der Waals surface area (Å²) in [5, 5.41) is 0. The summed E-state index contributed by atoms with van der Waals surface area (Å²) in [5.41, 5.74) is 2.77. The fraction of sp³-hybridized carbons (Fsp3) is 0.480. The summed E-state index contributed by atoms with van der Waals surface area (Å²) in [5.74, 6) is 0.613.